The molecule has 33 heavy (non-hydrogen) atoms. The fraction of sp³-hybridized carbons (Fsp3) is 0.360. The van der Waals surface area contributed by atoms with Crippen molar-refractivity contribution in [2.24, 2.45) is 0 Å². The van der Waals surface area contributed by atoms with E-state index in [1.54, 1.807) is 24.3 Å². The van der Waals surface area contributed by atoms with Gasteiger partial charge in [-0.2, -0.15) is 5.21 Å². The third kappa shape index (κ3) is 6.19. The van der Waals surface area contributed by atoms with E-state index in [2.05, 4.69) is 45.0 Å². The van der Waals surface area contributed by atoms with Gasteiger partial charge in [0.1, 0.15) is 6.61 Å². The largest absolute Gasteiger partial charge is 0.485 e. The average molecular weight is 448 g/mol. The van der Waals surface area contributed by atoms with E-state index < -0.39 is 6.10 Å². The molecule has 3 aromatic rings. The van der Waals surface area contributed by atoms with Gasteiger partial charge in [0.2, 0.25) is 11.7 Å². The second-order valence-corrected chi connectivity index (χ2v) is 8.05. The molecule has 0 aliphatic carbocycles. The number of hydrogen-bond acceptors (Lipinski definition) is 6. The number of nitrogens with one attached hydrogen (secondary N) is 2. The third-order valence-electron chi connectivity index (χ3n) is 5.51. The van der Waals surface area contributed by atoms with Gasteiger partial charge in [-0.3, -0.25) is 4.79 Å². The minimum atomic E-state index is -0.505. The summed E-state index contributed by atoms with van der Waals surface area (Å²) < 4.78 is 11.7. The summed E-state index contributed by atoms with van der Waals surface area (Å²) in [4.78, 5) is 12.5. The first-order chi connectivity index (χ1) is 16.2. The molecule has 0 saturated carbocycles. The van der Waals surface area contributed by atoms with Crippen LogP contribution in [0.5, 0.6) is 11.5 Å². The van der Waals surface area contributed by atoms with E-state index in [1.165, 1.54) is 43.7 Å². The molecule has 4 rings (SSSR count). The van der Waals surface area contributed by atoms with E-state index in [-0.39, 0.29) is 12.5 Å². The van der Waals surface area contributed by atoms with Gasteiger partial charge in [-0.25, -0.2) is 0 Å². The number of aromatic nitrogens is 4. The molecule has 2 heterocycles. The first-order valence-corrected chi connectivity index (χ1v) is 11.5. The van der Waals surface area contributed by atoms with Crippen LogP contribution in [-0.4, -0.2) is 33.1 Å². The molecule has 0 saturated heterocycles. The minimum absolute atomic E-state index is 0.256. The molecule has 0 radical (unpaired) electrons. The number of fused-ring (bicyclic) bond motifs is 1. The van der Waals surface area contributed by atoms with Crippen LogP contribution in [0.3, 0.4) is 0 Å². The van der Waals surface area contributed by atoms with Crippen LogP contribution in [0, 0.1) is 0 Å². The Hall–Kier alpha value is -3.68. The number of carbonyl (C=O) groups excluding carboxylic acids is 1. The average Bonchev–Trinajstić information content (AvgIpc) is 3.38. The van der Waals surface area contributed by atoms with Crippen molar-refractivity contribution < 1.29 is 14.3 Å². The van der Waals surface area contributed by atoms with Crippen LogP contribution in [-0.2, 0) is 11.2 Å². The number of anilines is 1. The second-order valence-electron chi connectivity index (χ2n) is 8.05. The van der Waals surface area contributed by atoms with Crippen molar-refractivity contribution in [3.63, 3.8) is 0 Å². The van der Waals surface area contributed by atoms with E-state index in [0.717, 1.165) is 12.0 Å². The smallest absolute Gasteiger partial charge is 0.248 e. The van der Waals surface area contributed by atoms with Crippen LogP contribution in [0.15, 0.2) is 48.5 Å². The maximum absolute atomic E-state index is 12.5. The Bertz CT molecular complexity index is 1060. The highest BCUT2D eigenvalue weighted by Gasteiger charge is 2.28. The van der Waals surface area contributed by atoms with Crippen molar-refractivity contribution in [2.75, 3.05) is 11.9 Å². The number of tetrazole rings is 1. The van der Waals surface area contributed by atoms with Crippen LogP contribution < -0.4 is 14.8 Å². The highest BCUT2D eigenvalue weighted by atomic mass is 16.6. The Morgan fingerprint density at radius 3 is 2.79 bits per heavy atom. The zero-order valence-corrected chi connectivity index (χ0v) is 18.8. The summed E-state index contributed by atoms with van der Waals surface area (Å²) >= 11 is 0. The molecular formula is C25H29N5O3. The van der Waals surface area contributed by atoms with Crippen molar-refractivity contribution in [1.82, 2.24) is 20.6 Å². The zero-order chi connectivity index (χ0) is 22.9. The SMILES string of the molecule is CCCCCCCc1ccc(/C=C/C(=O)Nc2cccc3c2OC(c2nn[nH]n2)CO3)cc1. The number of ether oxygens (including phenoxy) is 2. The number of amides is 1. The Balaban J connectivity index is 1.33. The number of carbonyl (C=O) groups is 1. The first kappa shape index (κ1) is 22.5. The molecule has 1 aliphatic heterocycles. The lowest BCUT2D eigenvalue weighted by molar-refractivity contribution is -0.111. The van der Waals surface area contributed by atoms with Crippen LogP contribution in [0.1, 0.15) is 62.1 Å². The van der Waals surface area contributed by atoms with Gasteiger partial charge in [-0.1, -0.05) is 68.2 Å². The van der Waals surface area contributed by atoms with Gasteiger partial charge in [-0.05, 0) is 42.2 Å². The number of para-hydroxylation sites is 1. The van der Waals surface area contributed by atoms with Crippen molar-refractivity contribution >= 4 is 17.7 Å². The maximum atomic E-state index is 12.5. The zero-order valence-electron chi connectivity index (χ0n) is 18.8. The van der Waals surface area contributed by atoms with E-state index in [1.807, 2.05) is 12.1 Å². The molecular weight excluding hydrogens is 418 g/mol. The number of nitrogens with zero attached hydrogens (tertiary/aromatic N) is 3. The predicted molar refractivity (Wildman–Crippen MR) is 126 cm³/mol. The number of benzene rings is 2. The number of hydrogen-bond donors (Lipinski definition) is 2. The maximum Gasteiger partial charge on any atom is 0.248 e. The fourth-order valence-corrected chi connectivity index (χ4v) is 3.70. The van der Waals surface area contributed by atoms with E-state index in [0.29, 0.717) is 23.0 Å². The Morgan fingerprint density at radius 2 is 2.00 bits per heavy atom. The molecule has 2 aromatic carbocycles. The predicted octanol–water partition coefficient (Wildman–Crippen LogP) is 4.88. The molecule has 1 aromatic heterocycles. The fourth-order valence-electron chi connectivity index (χ4n) is 3.70. The minimum Gasteiger partial charge on any atom is -0.485 e. The van der Waals surface area contributed by atoms with Gasteiger partial charge in [0.15, 0.2) is 17.6 Å². The highest BCUT2D eigenvalue weighted by molar-refractivity contribution is 6.03. The van der Waals surface area contributed by atoms with Crippen LogP contribution in [0.4, 0.5) is 5.69 Å². The lowest BCUT2D eigenvalue weighted by atomic mass is 10.0. The molecule has 2 N–H and O–H groups in total. The number of H-pyrrole nitrogens is 1. The molecule has 8 nitrogen and oxygen atoms in total. The summed E-state index contributed by atoms with van der Waals surface area (Å²) in [6, 6.07) is 13.7. The molecule has 1 aliphatic rings. The highest BCUT2D eigenvalue weighted by Crippen LogP contribution is 2.41. The van der Waals surface area contributed by atoms with Gasteiger partial charge < -0.3 is 14.8 Å². The molecule has 1 unspecified atom stereocenters. The van der Waals surface area contributed by atoms with E-state index in [9.17, 15) is 4.79 Å². The van der Waals surface area contributed by atoms with Crippen LogP contribution >= 0.6 is 0 Å². The molecule has 172 valence electrons. The summed E-state index contributed by atoms with van der Waals surface area (Å²) in [5.74, 6) is 1.14. The van der Waals surface area contributed by atoms with Gasteiger partial charge >= 0.3 is 0 Å². The van der Waals surface area contributed by atoms with Crippen molar-refractivity contribution in [2.45, 2.75) is 51.6 Å². The first-order valence-electron chi connectivity index (χ1n) is 11.5. The Morgan fingerprint density at radius 1 is 1.15 bits per heavy atom. The van der Waals surface area contributed by atoms with Crippen LogP contribution in [0.25, 0.3) is 6.08 Å². The topological polar surface area (TPSA) is 102 Å². The molecule has 0 bridgehead atoms. The second kappa shape index (κ2) is 11.3. The van der Waals surface area contributed by atoms with Crippen molar-refractivity contribution in [1.29, 1.82) is 0 Å². The number of rotatable bonds is 10. The summed E-state index contributed by atoms with van der Waals surface area (Å²) in [6.45, 7) is 2.49. The summed E-state index contributed by atoms with van der Waals surface area (Å²) in [6.07, 6.45) is 10.3. The van der Waals surface area contributed by atoms with Gasteiger partial charge in [0.05, 0.1) is 5.69 Å². The van der Waals surface area contributed by atoms with Crippen molar-refractivity contribution in [3.8, 4) is 11.5 Å². The molecule has 0 fully saturated rings. The van der Waals surface area contributed by atoms with Gasteiger partial charge in [-0.15, -0.1) is 10.2 Å². The number of aromatic amines is 1. The van der Waals surface area contributed by atoms with Gasteiger partial charge in [0.25, 0.3) is 0 Å². The van der Waals surface area contributed by atoms with E-state index in [4.69, 9.17) is 9.47 Å². The number of aryl methyl sites for hydroxylation is 1. The quantitative estimate of drug-likeness (QED) is 0.339. The molecule has 0 spiro atoms. The molecule has 1 amide bonds. The number of unbranched alkanes of at least 4 members (excludes halogenated alkanes) is 4. The normalized spacial score (nSPS) is 15.0. The third-order valence-corrected chi connectivity index (χ3v) is 5.51. The summed E-state index contributed by atoms with van der Waals surface area (Å²) in [7, 11) is 0. The monoisotopic (exact) mass is 447 g/mol. The molecule has 8 heteroatoms. The van der Waals surface area contributed by atoms with Gasteiger partial charge in [0, 0.05) is 6.08 Å². The Kier molecular flexibility index (Phi) is 7.68. The Labute approximate surface area is 193 Å². The lowest BCUT2D eigenvalue weighted by Gasteiger charge is -2.26. The molecule has 1 atom stereocenters. The standard InChI is InChI=1S/C25H29N5O3/c1-2-3-4-5-6-8-18-11-13-19(14-12-18)15-16-23(31)26-20-9-7-10-21-24(20)33-22(17-32-21)25-27-29-30-28-25/h7,9-16,22H,2-6,8,17H2,1H3,(H,26,31)(H,27,28,29,30)/b16-15+. The lowest BCUT2D eigenvalue weighted by Crippen LogP contribution is -2.24. The van der Waals surface area contributed by atoms with Crippen molar-refractivity contribution in [3.05, 3.63) is 65.5 Å². The van der Waals surface area contributed by atoms with Crippen LogP contribution in [0.2, 0.25) is 0 Å². The summed E-state index contributed by atoms with van der Waals surface area (Å²) in [5, 5.41) is 16.7. The summed E-state index contributed by atoms with van der Waals surface area (Å²) in [5.41, 5.74) is 2.83. The van der Waals surface area contributed by atoms with E-state index >= 15 is 0 Å².